The van der Waals surface area contributed by atoms with Crippen LogP contribution in [-0.2, 0) is 11.3 Å². The van der Waals surface area contributed by atoms with E-state index in [0.29, 0.717) is 0 Å². The molecule has 0 fully saturated rings. The number of allylic oxidation sites excluding steroid dienone is 5. The van der Waals surface area contributed by atoms with E-state index in [1.807, 2.05) is 43.9 Å². The molecule has 0 amide bonds. The quantitative estimate of drug-likeness (QED) is 0.277. The van der Waals surface area contributed by atoms with Crippen LogP contribution in [-0.4, -0.2) is 16.2 Å². The number of nitrogens with zero attached hydrogens (tertiary/aromatic N) is 2. The van der Waals surface area contributed by atoms with Gasteiger partial charge in [-0.1, -0.05) is 90.8 Å². The highest BCUT2D eigenvalue weighted by atomic mass is 32.1. The zero-order chi connectivity index (χ0) is 24.6. The molecule has 192 valence electrons. The fourth-order valence-corrected chi connectivity index (χ4v) is 4.55. The second-order valence-corrected chi connectivity index (χ2v) is 9.18. The van der Waals surface area contributed by atoms with E-state index in [-0.39, 0.29) is 7.43 Å². The van der Waals surface area contributed by atoms with Gasteiger partial charge in [-0.05, 0) is 48.4 Å². The first-order valence-electron chi connectivity index (χ1n) is 12.9. The van der Waals surface area contributed by atoms with E-state index in [4.69, 9.17) is 4.74 Å². The van der Waals surface area contributed by atoms with Crippen LogP contribution in [0.4, 0.5) is 0 Å². The van der Waals surface area contributed by atoms with Crippen LogP contribution < -0.4 is 0 Å². The standard InChI is InChI=1S/C21H24OS.C7H12N2.C2H6.CH4/c1-3-5-12-22-19-11-10-18(13-16(4-2)14-19)21-15-17-8-6-7-9-20(17)23-21;1-2-3-5-9-6-4-8-7-9;1-2;/h6-11,13,15H,3-5,12,14H2,1-2H3;4,6-7H,2-3,5H2,1H3;1-2H3;1H4. The average molecular weight is 495 g/mol. The molecule has 3 nitrogen and oxygen atoms in total. The highest BCUT2D eigenvalue weighted by molar-refractivity contribution is 7.20. The Morgan fingerprint density at radius 1 is 1.03 bits per heavy atom. The van der Waals surface area contributed by atoms with E-state index in [1.54, 1.807) is 0 Å². The molecule has 1 aliphatic carbocycles. The van der Waals surface area contributed by atoms with Crippen LogP contribution in [0.3, 0.4) is 0 Å². The minimum absolute atomic E-state index is 0. The zero-order valence-electron chi connectivity index (χ0n) is 21.7. The number of benzene rings is 1. The van der Waals surface area contributed by atoms with Crippen LogP contribution >= 0.6 is 11.3 Å². The van der Waals surface area contributed by atoms with Gasteiger partial charge in [-0.3, -0.25) is 0 Å². The largest absolute Gasteiger partial charge is 0.498 e. The van der Waals surface area contributed by atoms with Crippen molar-refractivity contribution in [1.82, 2.24) is 9.55 Å². The normalized spacial score (nSPS) is 12.5. The minimum atomic E-state index is 0. The molecule has 0 spiro atoms. The molecule has 0 saturated carbocycles. The summed E-state index contributed by atoms with van der Waals surface area (Å²) < 4.78 is 9.41. The van der Waals surface area contributed by atoms with Gasteiger partial charge >= 0.3 is 0 Å². The Hall–Kier alpha value is -2.59. The number of hydrogen-bond acceptors (Lipinski definition) is 3. The Kier molecular flexibility index (Phi) is 15.5. The SMILES string of the molecule is C.CC.CCCCOC1=CC=C(c2cc3ccccc3s2)C=C(CC)C1.CCCCn1ccnc1. The summed E-state index contributed by atoms with van der Waals surface area (Å²) in [7, 11) is 0. The fourth-order valence-electron chi connectivity index (χ4n) is 3.50. The third-order valence-electron chi connectivity index (χ3n) is 5.49. The number of unbranched alkanes of at least 4 members (excludes halogenated alkanes) is 2. The molecule has 0 unspecified atom stereocenters. The summed E-state index contributed by atoms with van der Waals surface area (Å²) in [5.41, 5.74) is 2.74. The number of thiophene rings is 1. The summed E-state index contributed by atoms with van der Waals surface area (Å²) in [4.78, 5) is 5.27. The van der Waals surface area contributed by atoms with Crippen molar-refractivity contribution >= 4 is 27.0 Å². The van der Waals surface area contributed by atoms with Gasteiger partial charge in [-0.15, -0.1) is 11.3 Å². The molecule has 0 bridgehead atoms. The average Bonchev–Trinajstić information content (AvgIpc) is 3.51. The maximum Gasteiger partial charge on any atom is 0.1000 e. The highest BCUT2D eigenvalue weighted by Crippen LogP contribution is 2.34. The van der Waals surface area contributed by atoms with Crippen molar-refractivity contribution in [2.45, 2.75) is 87.1 Å². The molecule has 1 aliphatic rings. The predicted molar refractivity (Wildman–Crippen MR) is 157 cm³/mol. The van der Waals surface area contributed by atoms with Gasteiger partial charge in [0.1, 0.15) is 0 Å². The minimum Gasteiger partial charge on any atom is -0.498 e. The van der Waals surface area contributed by atoms with Gasteiger partial charge in [0.15, 0.2) is 0 Å². The summed E-state index contributed by atoms with van der Waals surface area (Å²) in [6, 6.07) is 10.9. The number of rotatable bonds is 9. The number of aromatic nitrogens is 2. The smallest absolute Gasteiger partial charge is 0.1000 e. The maximum atomic E-state index is 5.96. The first-order valence-corrected chi connectivity index (χ1v) is 13.7. The zero-order valence-corrected chi connectivity index (χ0v) is 22.5. The van der Waals surface area contributed by atoms with Crippen LogP contribution in [0.1, 0.15) is 85.4 Å². The number of imidazole rings is 1. The first kappa shape index (κ1) is 30.4. The van der Waals surface area contributed by atoms with E-state index in [9.17, 15) is 0 Å². The second kappa shape index (κ2) is 17.8. The van der Waals surface area contributed by atoms with Crippen molar-refractivity contribution in [3.8, 4) is 0 Å². The van der Waals surface area contributed by atoms with Crippen molar-refractivity contribution in [2.75, 3.05) is 6.61 Å². The van der Waals surface area contributed by atoms with Crippen molar-refractivity contribution in [1.29, 1.82) is 0 Å². The van der Waals surface area contributed by atoms with Gasteiger partial charge in [0.25, 0.3) is 0 Å². The number of aryl methyl sites for hydroxylation is 1. The first-order chi connectivity index (χ1) is 16.7. The second-order valence-electron chi connectivity index (χ2n) is 8.09. The van der Waals surface area contributed by atoms with Crippen LogP contribution in [0, 0.1) is 0 Å². The molecular formula is C31H46N2OS. The van der Waals surface area contributed by atoms with Crippen molar-refractivity contribution in [3.05, 3.63) is 83.5 Å². The van der Waals surface area contributed by atoms with Crippen LogP contribution in [0.2, 0.25) is 0 Å². The number of ether oxygens (including phenoxy) is 1. The van der Waals surface area contributed by atoms with Crippen molar-refractivity contribution < 1.29 is 4.74 Å². The Balaban J connectivity index is 0.000000430. The highest BCUT2D eigenvalue weighted by Gasteiger charge is 2.11. The van der Waals surface area contributed by atoms with Crippen LogP contribution in [0.15, 0.2) is 78.6 Å². The van der Waals surface area contributed by atoms with E-state index in [1.165, 1.54) is 45.4 Å². The summed E-state index contributed by atoms with van der Waals surface area (Å²) >= 11 is 1.87. The Morgan fingerprint density at radius 2 is 1.80 bits per heavy atom. The lowest BCUT2D eigenvalue weighted by atomic mass is 10.1. The monoisotopic (exact) mass is 494 g/mol. The molecule has 1 aromatic carbocycles. The van der Waals surface area contributed by atoms with E-state index >= 15 is 0 Å². The summed E-state index contributed by atoms with van der Waals surface area (Å²) in [5.74, 6) is 1.10. The van der Waals surface area contributed by atoms with Gasteiger partial charge in [0, 0.05) is 34.9 Å². The predicted octanol–water partition coefficient (Wildman–Crippen LogP) is 10.1. The molecule has 0 N–H and O–H groups in total. The lowest BCUT2D eigenvalue weighted by Gasteiger charge is -2.10. The van der Waals surface area contributed by atoms with Gasteiger partial charge in [-0.2, -0.15) is 0 Å². The van der Waals surface area contributed by atoms with Gasteiger partial charge in [0.2, 0.25) is 0 Å². The molecule has 2 aromatic heterocycles. The molecule has 4 heteroatoms. The van der Waals surface area contributed by atoms with Gasteiger partial charge < -0.3 is 9.30 Å². The fraction of sp³-hybridized carbons (Fsp3) is 0.452. The van der Waals surface area contributed by atoms with Crippen LogP contribution in [0.25, 0.3) is 15.7 Å². The number of hydrogen-bond donors (Lipinski definition) is 0. The van der Waals surface area contributed by atoms with Gasteiger partial charge in [0.05, 0.1) is 18.7 Å². The third kappa shape index (κ3) is 10.3. The molecule has 35 heavy (non-hydrogen) atoms. The van der Waals surface area contributed by atoms with Gasteiger partial charge in [-0.25, -0.2) is 4.98 Å². The Bertz CT molecular complexity index is 1010. The molecular weight excluding hydrogens is 448 g/mol. The summed E-state index contributed by atoms with van der Waals surface area (Å²) in [5, 5.41) is 1.33. The lowest BCUT2D eigenvalue weighted by Crippen LogP contribution is -1.96. The molecule has 0 radical (unpaired) electrons. The van der Waals surface area contributed by atoms with Crippen molar-refractivity contribution in [2.24, 2.45) is 0 Å². The lowest BCUT2D eigenvalue weighted by molar-refractivity contribution is 0.201. The topological polar surface area (TPSA) is 27.1 Å². The maximum absolute atomic E-state index is 5.96. The van der Waals surface area contributed by atoms with E-state index < -0.39 is 0 Å². The molecule has 0 aliphatic heterocycles. The summed E-state index contributed by atoms with van der Waals surface area (Å²) in [6.45, 7) is 12.5. The molecule has 3 aromatic rings. The molecule has 4 rings (SSSR count). The Morgan fingerprint density at radius 3 is 2.46 bits per heavy atom. The van der Waals surface area contributed by atoms with E-state index in [2.05, 4.69) is 78.9 Å². The van der Waals surface area contributed by atoms with Crippen molar-refractivity contribution in [3.63, 3.8) is 0 Å². The third-order valence-corrected chi connectivity index (χ3v) is 6.65. The molecule has 0 atom stereocenters. The summed E-state index contributed by atoms with van der Waals surface area (Å²) in [6.07, 6.45) is 19.2. The van der Waals surface area contributed by atoms with Crippen LogP contribution in [0.5, 0.6) is 0 Å². The molecule has 0 saturated heterocycles. The van der Waals surface area contributed by atoms with E-state index in [0.717, 1.165) is 38.2 Å². The molecule has 2 heterocycles. The Labute approximate surface area is 218 Å². The number of fused-ring (bicyclic) bond motifs is 1.